The molecule has 0 unspecified atom stereocenters. The van der Waals surface area contributed by atoms with E-state index < -0.39 is 0 Å². The molecule has 0 spiro atoms. The van der Waals surface area contributed by atoms with Gasteiger partial charge in [0.25, 0.3) is 0 Å². The van der Waals surface area contributed by atoms with Crippen molar-refractivity contribution in [1.82, 2.24) is 0 Å². The number of hydrogen-bond donors (Lipinski definition) is 0. The van der Waals surface area contributed by atoms with E-state index in [9.17, 15) is 4.79 Å². The van der Waals surface area contributed by atoms with Gasteiger partial charge in [0.1, 0.15) is 6.61 Å². The summed E-state index contributed by atoms with van der Waals surface area (Å²) in [4.78, 5) is 11.6. The second kappa shape index (κ2) is 5.85. The highest BCUT2D eigenvalue weighted by molar-refractivity contribution is 5.72. The zero-order valence-electron chi connectivity index (χ0n) is 9.43. The first-order valence-corrected chi connectivity index (χ1v) is 5.49. The molecule has 0 saturated carbocycles. The average Bonchev–Trinajstić information content (AvgIpc) is 2.39. The Morgan fingerprint density at radius 1 is 1.00 bits per heavy atom. The summed E-state index contributed by atoms with van der Waals surface area (Å²) in [6, 6.07) is 19.9. The van der Waals surface area contributed by atoms with Crippen molar-refractivity contribution in [3.63, 3.8) is 0 Å². The van der Waals surface area contributed by atoms with Gasteiger partial charge in [0.2, 0.25) is 0 Å². The van der Waals surface area contributed by atoms with Gasteiger partial charge in [-0.3, -0.25) is 4.79 Å². The molecule has 0 aromatic heterocycles. The highest BCUT2D eigenvalue weighted by Gasteiger charge is 2.04. The Hall–Kier alpha value is -2.09. The van der Waals surface area contributed by atoms with Crippen LogP contribution in [0.1, 0.15) is 11.1 Å². The first kappa shape index (κ1) is 11.4. The van der Waals surface area contributed by atoms with Crippen LogP contribution in [-0.2, 0) is 22.6 Å². The number of hydrogen-bond acceptors (Lipinski definition) is 2. The third-order valence-corrected chi connectivity index (χ3v) is 2.38. The molecule has 85 valence electrons. The van der Waals surface area contributed by atoms with Gasteiger partial charge in [-0.2, -0.15) is 0 Å². The van der Waals surface area contributed by atoms with Crippen LogP contribution in [0.2, 0.25) is 0 Å². The molecule has 0 fully saturated rings. The first-order valence-electron chi connectivity index (χ1n) is 5.49. The summed E-state index contributed by atoms with van der Waals surface area (Å²) in [6.45, 7) is 0.332. The van der Waals surface area contributed by atoms with Crippen LogP contribution in [0.3, 0.4) is 0 Å². The van der Waals surface area contributed by atoms with Gasteiger partial charge >= 0.3 is 5.97 Å². The Morgan fingerprint density at radius 3 is 2.41 bits per heavy atom. The lowest BCUT2D eigenvalue weighted by Crippen LogP contribution is -2.07. The van der Waals surface area contributed by atoms with E-state index in [1.54, 1.807) is 12.1 Å². The van der Waals surface area contributed by atoms with E-state index in [0.717, 1.165) is 11.1 Å². The number of carbonyl (C=O) groups excluding carboxylic acids is 1. The quantitative estimate of drug-likeness (QED) is 0.748. The van der Waals surface area contributed by atoms with Gasteiger partial charge in [0.05, 0.1) is 6.42 Å². The van der Waals surface area contributed by atoms with E-state index in [0.29, 0.717) is 13.0 Å². The fraction of sp³-hybridized carbons (Fsp3) is 0.133. The van der Waals surface area contributed by atoms with Gasteiger partial charge in [0.15, 0.2) is 0 Å². The molecule has 2 nitrogen and oxygen atoms in total. The van der Waals surface area contributed by atoms with Gasteiger partial charge in [-0.1, -0.05) is 54.6 Å². The fourth-order valence-electron chi connectivity index (χ4n) is 1.50. The maximum Gasteiger partial charge on any atom is 0.310 e. The van der Waals surface area contributed by atoms with Crippen LogP contribution in [0.15, 0.2) is 54.6 Å². The van der Waals surface area contributed by atoms with Gasteiger partial charge in [0, 0.05) is 0 Å². The Balaban J connectivity index is 1.83. The second-order valence-corrected chi connectivity index (χ2v) is 3.73. The summed E-state index contributed by atoms with van der Waals surface area (Å²) in [7, 11) is 0. The van der Waals surface area contributed by atoms with Crippen LogP contribution in [0, 0.1) is 6.07 Å². The molecule has 0 aliphatic carbocycles. The van der Waals surface area contributed by atoms with Crippen LogP contribution in [-0.4, -0.2) is 5.97 Å². The lowest BCUT2D eigenvalue weighted by atomic mass is 10.1. The maximum absolute atomic E-state index is 11.6. The zero-order chi connectivity index (χ0) is 11.9. The third kappa shape index (κ3) is 3.76. The fourth-order valence-corrected chi connectivity index (χ4v) is 1.50. The van der Waals surface area contributed by atoms with Crippen LogP contribution in [0.5, 0.6) is 0 Å². The number of rotatable bonds is 4. The molecule has 2 rings (SSSR count). The molecule has 0 amide bonds. The maximum atomic E-state index is 11.6. The van der Waals surface area contributed by atoms with Crippen LogP contribution < -0.4 is 0 Å². The molecule has 0 bridgehead atoms. The summed E-state index contributed by atoms with van der Waals surface area (Å²) in [6.07, 6.45) is 0.307. The molecule has 2 heteroatoms. The Bertz CT molecular complexity index is 463. The zero-order valence-corrected chi connectivity index (χ0v) is 9.43. The van der Waals surface area contributed by atoms with Crippen molar-refractivity contribution in [1.29, 1.82) is 0 Å². The normalized spacial score (nSPS) is 9.88. The third-order valence-electron chi connectivity index (χ3n) is 2.38. The molecule has 0 aliphatic rings. The Labute approximate surface area is 101 Å². The molecular weight excluding hydrogens is 212 g/mol. The van der Waals surface area contributed by atoms with Crippen molar-refractivity contribution in [3.05, 3.63) is 71.8 Å². The van der Waals surface area contributed by atoms with Gasteiger partial charge < -0.3 is 4.74 Å². The predicted octanol–water partition coefficient (Wildman–Crippen LogP) is 2.77. The van der Waals surface area contributed by atoms with E-state index in [1.807, 2.05) is 42.5 Å². The smallest absolute Gasteiger partial charge is 0.310 e. The topological polar surface area (TPSA) is 26.3 Å². The minimum Gasteiger partial charge on any atom is -0.461 e. The van der Waals surface area contributed by atoms with Crippen molar-refractivity contribution in [2.24, 2.45) is 0 Å². The van der Waals surface area contributed by atoms with Crippen LogP contribution in [0.25, 0.3) is 0 Å². The molecule has 0 atom stereocenters. The largest absolute Gasteiger partial charge is 0.461 e. The minimum absolute atomic E-state index is 0.208. The molecule has 0 saturated heterocycles. The van der Waals surface area contributed by atoms with Crippen LogP contribution in [0.4, 0.5) is 0 Å². The predicted molar refractivity (Wildman–Crippen MR) is 65.2 cm³/mol. The van der Waals surface area contributed by atoms with Crippen LogP contribution >= 0.6 is 0 Å². The van der Waals surface area contributed by atoms with Crippen molar-refractivity contribution in [2.45, 2.75) is 13.0 Å². The Kier molecular flexibility index (Phi) is 3.92. The summed E-state index contributed by atoms with van der Waals surface area (Å²) in [5.74, 6) is -0.208. The molecule has 0 N–H and O–H groups in total. The molecule has 2 aromatic rings. The summed E-state index contributed by atoms with van der Waals surface area (Å²) < 4.78 is 5.18. The highest BCUT2D eigenvalue weighted by atomic mass is 16.5. The number of esters is 1. The first-order chi connectivity index (χ1) is 8.34. The minimum atomic E-state index is -0.208. The van der Waals surface area contributed by atoms with E-state index in [-0.39, 0.29) is 5.97 Å². The molecule has 0 heterocycles. The number of benzene rings is 2. The molecule has 0 aliphatic heterocycles. The monoisotopic (exact) mass is 225 g/mol. The molecular formula is C15H13O2. The summed E-state index contributed by atoms with van der Waals surface area (Å²) in [5.41, 5.74) is 1.95. The van der Waals surface area contributed by atoms with Crippen molar-refractivity contribution in [2.75, 3.05) is 0 Å². The van der Waals surface area contributed by atoms with Crippen molar-refractivity contribution >= 4 is 5.97 Å². The number of ether oxygens (including phenoxy) is 1. The SMILES string of the molecule is O=C(Cc1cc[c]cc1)OCc1ccccc1. The second-order valence-electron chi connectivity index (χ2n) is 3.73. The van der Waals surface area contributed by atoms with E-state index in [1.165, 1.54) is 0 Å². The van der Waals surface area contributed by atoms with E-state index in [4.69, 9.17) is 4.74 Å². The lowest BCUT2D eigenvalue weighted by Gasteiger charge is -2.04. The summed E-state index contributed by atoms with van der Waals surface area (Å²) in [5, 5.41) is 0. The average molecular weight is 225 g/mol. The standard InChI is InChI=1S/C15H13O2/c16-15(11-13-7-3-1-4-8-13)17-12-14-9-5-2-6-10-14/h2-10H,11-12H2. The van der Waals surface area contributed by atoms with E-state index >= 15 is 0 Å². The molecule has 1 radical (unpaired) electrons. The lowest BCUT2D eigenvalue weighted by molar-refractivity contribution is -0.144. The van der Waals surface area contributed by atoms with E-state index in [2.05, 4.69) is 6.07 Å². The van der Waals surface area contributed by atoms with Gasteiger partial charge in [-0.25, -0.2) is 0 Å². The summed E-state index contributed by atoms with van der Waals surface area (Å²) >= 11 is 0. The van der Waals surface area contributed by atoms with Crippen molar-refractivity contribution < 1.29 is 9.53 Å². The van der Waals surface area contributed by atoms with Gasteiger partial charge in [-0.05, 0) is 17.2 Å². The number of carbonyl (C=O) groups is 1. The molecule has 17 heavy (non-hydrogen) atoms. The molecule has 2 aromatic carbocycles. The highest BCUT2D eigenvalue weighted by Crippen LogP contribution is 2.04. The Morgan fingerprint density at radius 2 is 1.71 bits per heavy atom. The van der Waals surface area contributed by atoms with Crippen molar-refractivity contribution in [3.8, 4) is 0 Å². The van der Waals surface area contributed by atoms with Gasteiger partial charge in [-0.15, -0.1) is 0 Å².